The summed E-state index contributed by atoms with van der Waals surface area (Å²) in [6.45, 7) is 0.0728. The molecule has 1 N–H and O–H groups in total. The zero-order valence-electron chi connectivity index (χ0n) is 12.9. The van der Waals surface area contributed by atoms with Gasteiger partial charge < -0.3 is 10.1 Å². The number of carbonyl (C=O) groups excluding carboxylic acids is 1. The van der Waals surface area contributed by atoms with Gasteiger partial charge in [-0.1, -0.05) is 35.7 Å². The first kappa shape index (κ1) is 18.1. The lowest BCUT2D eigenvalue weighted by atomic mass is 10.1. The number of anilines is 1. The quantitative estimate of drug-likeness (QED) is 0.501. The summed E-state index contributed by atoms with van der Waals surface area (Å²) in [5.74, 6) is 1.40. The molecule has 1 amide bonds. The molecule has 2 aromatic rings. The second kappa shape index (κ2) is 8.54. The number of carbonyl (C=O) groups is 1. The van der Waals surface area contributed by atoms with Crippen LogP contribution in [0.2, 0.25) is 5.02 Å². The Kier molecular flexibility index (Phi) is 6.17. The molecule has 0 bridgehead atoms. The van der Waals surface area contributed by atoms with Crippen LogP contribution in [0.3, 0.4) is 0 Å². The Balaban J connectivity index is 2.21. The maximum atomic E-state index is 13.6. The van der Waals surface area contributed by atoms with Gasteiger partial charge in [0.05, 0.1) is 10.7 Å². The Morgan fingerprint density at radius 1 is 1.36 bits per heavy atom. The van der Waals surface area contributed by atoms with Gasteiger partial charge in [-0.3, -0.25) is 4.79 Å². The lowest BCUT2D eigenvalue weighted by Crippen LogP contribution is -2.14. The minimum Gasteiger partial charge on any atom is -0.479 e. The largest absolute Gasteiger partial charge is 0.479 e. The van der Waals surface area contributed by atoms with E-state index in [1.54, 1.807) is 24.3 Å². The second-order valence-corrected chi connectivity index (χ2v) is 5.19. The van der Waals surface area contributed by atoms with Crippen LogP contribution in [-0.4, -0.2) is 12.5 Å². The van der Waals surface area contributed by atoms with Crippen LogP contribution in [0, 0.1) is 29.5 Å². The molecule has 0 spiro atoms. The molecule has 0 saturated carbocycles. The molecule has 0 fully saturated rings. The highest BCUT2D eigenvalue weighted by Gasteiger charge is 2.12. The summed E-state index contributed by atoms with van der Waals surface area (Å²) < 4.78 is 18.8. The minimum absolute atomic E-state index is 0.00952. The Bertz CT molecular complexity index is 910. The number of para-hydroxylation sites is 1. The van der Waals surface area contributed by atoms with E-state index >= 15 is 0 Å². The Labute approximate surface area is 149 Å². The topological polar surface area (TPSA) is 62.1 Å². The molecule has 2 aromatic carbocycles. The third kappa shape index (κ3) is 4.84. The second-order valence-electron chi connectivity index (χ2n) is 4.79. The predicted molar refractivity (Wildman–Crippen MR) is 94.4 cm³/mol. The average Bonchev–Trinajstić information content (AvgIpc) is 2.60. The van der Waals surface area contributed by atoms with Gasteiger partial charge >= 0.3 is 0 Å². The van der Waals surface area contributed by atoms with Gasteiger partial charge in [-0.2, -0.15) is 5.26 Å². The molecule has 0 aromatic heterocycles. The first-order chi connectivity index (χ1) is 12.0. The number of benzene rings is 2. The molecule has 0 aliphatic carbocycles. The van der Waals surface area contributed by atoms with Crippen molar-refractivity contribution in [3.05, 3.63) is 64.4 Å². The Morgan fingerprint density at radius 2 is 2.12 bits per heavy atom. The molecule has 0 heterocycles. The van der Waals surface area contributed by atoms with Gasteiger partial charge in [-0.05, 0) is 35.9 Å². The zero-order chi connectivity index (χ0) is 18.2. The molecule has 25 heavy (non-hydrogen) atoms. The van der Waals surface area contributed by atoms with E-state index in [2.05, 4.69) is 11.2 Å². The molecule has 0 unspecified atom stereocenters. The van der Waals surface area contributed by atoms with Crippen molar-refractivity contribution < 1.29 is 13.9 Å². The Morgan fingerprint density at radius 3 is 2.76 bits per heavy atom. The SMILES string of the molecule is C#CCOc1ccc(/C=C(\C#N)C(=O)Nc2ccccc2F)cc1Cl. The van der Waals surface area contributed by atoms with Crippen LogP contribution in [0.4, 0.5) is 10.1 Å². The van der Waals surface area contributed by atoms with Crippen molar-refractivity contribution >= 4 is 29.3 Å². The number of nitrogens with one attached hydrogen (secondary N) is 1. The molecular formula is C19H12ClFN2O2. The number of nitriles is 1. The molecule has 0 atom stereocenters. The van der Waals surface area contributed by atoms with Crippen LogP contribution in [0.5, 0.6) is 5.75 Å². The van der Waals surface area contributed by atoms with Crippen LogP contribution in [0.25, 0.3) is 6.08 Å². The van der Waals surface area contributed by atoms with Crippen molar-refractivity contribution in [2.24, 2.45) is 0 Å². The monoisotopic (exact) mass is 354 g/mol. The zero-order valence-corrected chi connectivity index (χ0v) is 13.7. The maximum Gasteiger partial charge on any atom is 0.266 e. The van der Waals surface area contributed by atoms with Gasteiger partial charge in [0.1, 0.15) is 29.8 Å². The standard InChI is InChI=1S/C19H12ClFN2O2/c1-2-9-25-18-8-7-13(11-15(18)20)10-14(12-22)19(24)23-17-6-4-3-5-16(17)21/h1,3-8,10-11H,9H2,(H,23,24)/b14-10+. The molecule has 124 valence electrons. The van der Waals surface area contributed by atoms with Crippen molar-refractivity contribution in [2.45, 2.75) is 0 Å². The van der Waals surface area contributed by atoms with E-state index in [1.165, 1.54) is 30.3 Å². The maximum absolute atomic E-state index is 13.6. The van der Waals surface area contributed by atoms with Gasteiger partial charge in [0.15, 0.2) is 0 Å². The number of rotatable bonds is 5. The first-order valence-corrected chi connectivity index (χ1v) is 7.46. The van der Waals surface area contributed by atoms with E-state index < -0.39 is 11.7 Å². The lowest BCUT2D eigenvalue weighted by Gasteiger charge is -2.07. The highest BCUT2D eigenvalue weighted by atomic mass is 35.5. The summed E-state index contributed by atoms with van der Waals surface area (Å²) in [5.41, 5.74) is 0.305. The predicted octanol–water partition coefficient (Wildman–Crippen LogP) is 4.04. The summed E-state index contributed by atoms with van der Waals surface area (Å²) >= 11 is 6.07. The molecule has 0 aliphatic heterocycles. The summed E-state index contributed by atoms with van der Waals surface area (Å²) in [5, 5.41) is 11.8. The first-order valence-electron chi connectivity index (χ1n) is 7.08. The van der Waals surface area contributed by atoms with E-state index in [0.29, 0.717) is 11.3 Å². The van der Waals surface area contributed by atoms with Crippen molar-refractivity contribution in [1.82, 2.24) is 0 Å². The normalized spacial score (nSPS) is 10.5. The van der Waals surface area contributed by atoms with Crippen LogP contribution in [0.1, 0.15) is 5.56 Å². The van der Waals surface area contributed by atoms with Crippen molar-refractivity contribution in [1.29, 1.82) is 5.26 Å². The molecule has 6 heteroatoms. The number of nitrogens with zero attached hydrogens (tertiary/aromatic N) is 1. The van der Waals surface area contributed by atoms with Gasteiger partial charge in [0.25, 0.3) is 5.91 Å². The molecule has 4 nitrogen and oxygen atoms in total. The lowest BCUT2D eigenvalue weighted by molar-refractivity contribution is -0.112. The van der Waals surface area contributed by atoms with Gasteiger partial charge in [-0.25, -0.2) is 4.39 Å². The van der Waals surface area contributed by atoms with Gasteiger partial charge in [-0.15, -0.1) is 6.42 Å². The number of terminal acetylenes is 1. The molecule has 0 aliphatic rings. The fourth-order valence-corrected chi connectivity index (χ4v) is 2.15. The van der Waals surface area contributed by atoms with Crippen molar-refractivity contribution in [3.63, 3.8) is 0 Å². The molecular weight excluding hydrogens is 343 g/mol. The summed E-state index contributed by atoms with van der Waals surface area (Å²) in [7, 11) is 0. The van der Waals surface area contributed by atoms with E-state index in [4.69, 9.17) is 22.8 Å². The summed E-state index contributed by atoms with van der Waals surface area (Å²) in [6.07, 6.45) is 6.45. The van der Waals surface area contributed by atoms with Gasteiger partial charge in [0, 0.05) is 0 Å². The summed E-state index contributed by atoms with van der Waals surface area (Å²) in [4.78, 5) is 12.1. The summed E-state index contributed by atoms with van der Waals surface area (Å²) in [6, 6.07) is 12.2. The van der Waals surface area contributed by atoms with Crippen LogP contribution >= 0.6 is 11.6 Å². The number of ether oxygens (including phenoxy) is 1. The number of halogens is 2. The molecule has 0 saturated heterocycles. The van der Waals surface area contributed by atoms with Gasteiger partial charge in [0.2, 0.25) is 0 Å². The van der Waals surface area contributed by atoms with Crippen LogP contribution in [0.15, 0.2) is 48.0 Å². The van der Waals surface area contributed by atoms with E-state index in [9.17, 15) is 14.4 Å². The Hall–Kier alpha value is -3.28. The number of hydrogen-bond donors (Lipinski definition) is 1. The smallest absolute Gasteiger partial charge is 0.266 e. The van der Waals surface area contributed by atoms with E-state index in [-0.39, 0.29) is 22.9 Å². The van der Waals surface area contributed by atoms with Crippen LogP contribution in [-0.2, 0) is 4.79 Å². The fourth-order valence-electron chi connectivity index (χ4n) is 1.91. The van der Waals surface area contributed by atoms with E-state index in [0.717, 1.165) is 0 Å². The third-order valence-electron chi connectivity index (χ3n) is 3.07. The van der Waals surface area contributed by atoms with E-state index in [1.807, 2.05) is 0 Å². The average molecular weight is 355 g/mol. The molecule has 0 radical (unpaired) electrons. The van der Waals surface area contributed by atoms with Crippen LogP contribution < -0.4 is 10.1 Å². The fraction of sp³-hybridized carbons (Fsp3) is 0.0526. The molecule has 2 rings (SSSR count). The van der Waals surface area contributed by atoms with Crippen molar-refractivity contribution in [3.8, 4) is 24.2 Å². The third-order valence-corrected chi connectivity index (χ3v) is 3.36. The highest BCUT2D eigenvalue weighted by Crippen LogP contribution is 2.26. The highest BCUT2D eigenvalue weighted by molar-refractivity contribution is 6.32. The number of hydrogen-bond acceptors (Lipinski definition) is 3. The van der Waals surface area contributed by atoms with Crippen molar-refractivity contribution in [2.75, 3.05) is 11.9 Å². The number of amides is 1. The minimum atomic E-state index is -0.726.